The van der Waals surface area contributed by atoms with Gasteiger partial charge < -0.3 is 17.0 Å². The lowest BCUT2D eigenvalue weighted by atomic mass is 10.1. The van der Waals surface area contributed by atoms with E-state index in [9.17, 15) is 30.7 Å². The second-order valence-electron chi connectivity index (χ2n) is 5.88. The molecule has 0 saturated carbocycles. The van der Waals surface area contributed by atoms with E-state index < -0.39 is 40.7 Å². The first kappa shape index (κ1) is 21.9. The predicted octanol–water partition coefficient (Wildman–Crippen LogP) is 1.70. The molecule has 28 heavy (non-hydrogen) atoms. The van der Waals surface area contributed by atoms with Crippen molar-refractivity contribution < 1.29 is 52.3 Å². The van der Waals surface area contributed by atoms with Gasteiger partial charge in [-0.2, -0.15) is 22.1 Å². The molecule has 0 atom stereocenters. The van der Waals surface area contributed by atoms with Crippen LogP contribution < -0.4 is 21.5 Å². The summed E-state index contributed by atoms with van der Waals surface area (Å²) < 4.78 is 96.7. The monoisotopic (exact) mass is 468 g/mol. The van der Waals surface area contributed by atoms with E-state index >= 15 is 0 Å². The van der Waals surface area contributed by atoms with Crippen LogP contribution in [0.25, 0.3) is 5.69 Å². The third-order valence-corrected chi connectivity index (χ3v) is 4.02. The summed E-state index contributed by atoms with van der Waals surface area (Å²) in [5, 5.41) is 0. The van der Waals surface area contributed by atoms with Crippen LogP contribution in [-0.4, -0.2) is 4.57 Å². The van der Waals surface area contributed by atoms with Crippen molar-refractivity contribution in [3.8, 4) is 5.69 Å². The van der Waals surface area contributed by atoms with Crippen LogP contribution in [0.15, 0.2) is 42.9 Å². The molecule has 2 nitrogen and oxygen atoms in total. The van der Waals surface area contributed by atoms with Crippen molar-refractivity contribution in [1.82, 2.24) is 4.57 Å². The predicted molar refractivity (Wildman–Crippen MR) is 81.1 cm³/mol. The zero-order valence-electron chi connectivity index (χ0n) is 14.2. The maximum Gasteiger partial charge on any atom is 0.423 e. The van der Waals surface area contributed by atoms with Crippen molar-refractivity contribution in [2.75, 3.05) is 0 Å². The number of aromatic nitrogens is 2. The Kier molecular flexibility index (Phi) is 6.22. The molecule has 0 unspecified atom stereocenters. The normalized spacial score (nSPS) is 11.4. The van der Waals surface area contributed by atoms with Crippen molar-refractivity contribution in [1.29, 1.82) is 0 Å². The van der Waals surface area contributed by atoms with Crippen LogP contribution >= 0.6 is 0 Å². The molecule has 0 aliphatic carbocycles. The van der Waals surface area contributed by atoms with E-state index in [1.165, 1.54) is 11.5 Å². The summed E-state index contributed by atoms with van der Waals surface area (Å²) in [6.07, 6.45) is -3.29. The van der Waals surface area contributed by atoms with Crippen molar-refractivity contribution in [3.63, 3.8) is 0 Å². The first-order chi connectivity index (χ1) is 12.6. The van der Waals surface area contributed by atoms with E-state index in [1.807, 2.05) is 0 Å². The Morgan fingerprint density at radius 3 is 2.04 bits per heavy atom. The highest BCUT2D eigenvalue weighted by Gasteiger charge is 2.44. The van der Waals surface area contributed by atoms with Crippen LogP contribution in [-0.2, 0) is 12.7 Å². The molecular formula is C18H12BrF7N2. The molecule has 0 fully saturated rings. The van der Waals surface area contributed by atoms with E-state index in [1.54, 1.807) is 30.3 Å². The molecule has 0 N–H and O–H groups in total. The molecule has 1 aromatic heterocycles. The summed E-state index contributed by atoms with van der Waals surface area (Å²) in [6, 6.07) is 8.83. The Labute approximate surface area is 165 Å². The minimum absolute atomic E-state index is 0. The van der Waals surface area contributed by atoms with Crippen molar-refractivity contribution in [3.05, 3.63) is 82.9 Å². The van der Waals surface area contributed by atoms with Crippen LogP contribution in [0.3, 0.4) is 0 Å². The van der Waals surface area contributed by atoms with Gasteiger partial charge in [0.25, 0.3) is 0 Å². The van der Waals surface area contributed by atoms with Crippen LogP contribution in [0.5, 0.6) is 0 Å². The molecule has 0 bridgehead atoms. The molecule has 0 spiro atoms. The van der Waals surface area contributed by atoms with Gasteiger partial charge in [-0.3, -0.25) is 0 Å². The van der Waals surface area contributed by atoms with Crippen LogP contribution in [0.1, 0.15) is 16.8 Å². The number of benzene rings is 2. The smallest absolute Gasteiger partial charge is 0.423 e. The van der Waals surface area contributed by atoms with Gasteiger partial charge in [0.05, 0.1) is 0 Å². The third kappa shape index (κ3) is 3.91. The highest BCUT2D eigenvalue weighted by Crippen LogP contribution is 2.37. The standard InChI is InChI=1S/C18H12F7N2.BrH/c1-10-7-27(9-26(10)8-11-5-3-2-4-6-11)17-12(18(23,24)25)13(19)14(20)15(21)16(17)22;/h2-7,9H,8H2,1H3;1H/q+1;/p-1. The van der Waals surface area contributed by atoms with Crippen molar-refractivity contribution in [2.24, 2.45) is 0 Å². The van der Waals surface area contributed by atoms with Gasteiger partial charge in [0.1, 0.15) is 24.0 Å². The van der Waals surface area contributed by atoms with Gasteiger partial charge in [-0.25, -0.2) is 17.7 Å². The van der Waals surface area contributed by atoms with Crippen LogP contribution in [0.2, 0.25) is 0 Å². The molecule has 10 heteroatoms. The molecule has 0 saturated heterocycles. The summed E-state index contributed by atoms with van der Waals surface area (Å²) in [5.74, 6) is -9.43. The Morgan fingerprint density at radius 1 is 0.893 bits per heavy atom. The second kappa shape index (κ2) is 7.94. The number of halogens is 8. The number of alkyl halides is 3. The van der Waals surface area contributed by atoms with Gasteiger partial charge >= 0.3 is 6.18 Å². The number of imidazole rings is 1. The van der Waals surface area contributed by atoms with Gasteiger partial charge in [-0.1, -0.05) is 30.3 Å². The Balaban J connectivity index is 0.00000280. The summed E-state index contributed by atoms with van der Waals surface area (Å²) in [4.78, 5) is 0. The zero-order chi connectivity index (χ0) is 19.9. The van der Waals surface area contributed by atoms with E-state index in [2.05, 4.69) is 0 Å². The third-order valence-electron chi connectivity index (χ3n) is 4.02. The summed E-state index contributed by atoms with van der Waals surface area (Å²) in [5.41, 5.74) is -2.44. The molecule has 0 radical (unpaired) electrons. The Bertz CT molecular complexity index is 998. The highest BCUT2D eigenvalue weighted by atomic mass is 79.9. The summed E-state index contributed by atoms with van der Waals surface area (Å²) in [7, 11) is 0. The van der Waals surface area contributed by atoms with E-state index in [0.717, 1.165) is 18.1 Å². The second-order valence-corrected chi connectivity index (χ2v) is 5.88. The Morgan fingerprint density at radius 2 is 1.46 bits per heavy atom. The summed E-state index contributed by atoms with van der Waals surface area (Å²) in [6.45, 7) is 1.76. The number of hydrogen-bond donors (Lipinski definition) is 0. The average molecular weight is 469 g/mol. The van der Waals surface area contributed by atoms with Gasteiger partial charge in [0.15, 0.2) is 17.3 Å². The fraction of sp³-hybridized carbons (Fsp3) is 0.167. The van der Waals surface area contributed by atoms with Gasteiger partial charge in [0, 0.05) is 6.92 Å². The SMILES string of the molecule is Cc1c[n+](-c2c(F)c(F)c(F)c(F)c2C(F)(F)F)cn1Cc1ccccc1.[Br-]. The molecule has 1 heterocycles. The molecule has 0 amide bonds. The van der Waals surface area contributed by atoms with Crippen molar-refractivity contribution in [2.45, 2.75) is 19.6 Å². The zero-order valence-corrected chi connectivity index (χ0v) is 15.8. The first-order valence-electron chi connectivity index (χ1n) is 7.66. The largest absolute Gasteiger partial charge is 1.00 e. The van der Waals surface area contributed by atoms with Gasteiger partial charge in [0.2, 0.25) is 18.0 Å². The van der Waals surface area contributed by atoms with E-state index in [0.29, 0.717) is 10.3 Å². The fourth-order valence-corrected chi connectivity index (χ4v) is 2.74. The Hall–Kier alpha value is -2.36. The highest BCUT2D eigenvalue weighted by molar-refractivity contribution is 5.40. The minimum atomic E-state index is -5.43. The summed E-state index contributed by atoms with van der Waals surface area (Å²) >= 11 is 0. The number of rotatable bonds is 3. The van der Waals surface area contributed by atoms with Gasteiger partial charge in [-0.15, -0.1) is 0 Å². The first-order valence-corrected chi connectivity index (χ1v) is 7.66. The van der Waals surface area contributed by atoms with E-state index in [4.69, 9.17) is 0 Å². The molecule has 150 valence electrons. The van der Waals surface area contributed by atoms with Crippen molar-refractivity contribution >= 4 is 0 Å². The maximum absolute atomic E-state index is 14.2. The molecule has 3 rings (SSSR count). The molecule has 2 aromatic carbocycles. The molecular weight excluding hydrogens is 457 g/mol. The molecule has 0 aliphatic heterocycles. The van der Waals surface area contributed by atoms with Gasteiger partial charge in [-0.05, 0) is 5.56 Å². The molecule has 3 aromatic rings. The number of hydrogen-bond acceptors (Lipinski definition) is 0. The fourth-order valence-electron chi connectivity index (χ4n) is 2.74. The minimum Gasteiger partial charge on any atom is -1.00 e. The average Bonchev–Trinajstić information content (AvgIpc) is 2.96. The van der Waals surface area contributed by atoms with Crippen LogP contribution in [0.4, 0.5) is 30.7 Å². The lowest BCUT2D eigenvalue weighted by Gasteiger charge is -2.13. The van der Waals surface area contributed by atoms with Crippen LogP contribution in [0, 0.1) is 30.2 Å². The maximum atomic E-state index is 14.2. The van der Waals surface area contributed by atoms with E-state index in [-0.39, 0.29) is 23.5 Å². The lowest BCUT2D eigenvalue weighted by Crippen LogP contribution is -3.00. The number of aryl methyl sites for hydroxylation is 1. The quantitative estimate of drug-likeness (QED) is 0.239. The lowest BCUT2D eigenvalue weighted by molar-refractivity contribution is -0.599. The topological polar surface area (TPSA) is 8.81 Å². The number of nitrogens with zero attached hydrogens (tertiary/aromatic N) is 2. The molecule has 0 aliphatic rings.